The standard InChI is InChI=1S/C20H21F3N2O/c1-20(6-8-24-9-7-20)12-25-19(26)14-4-2-13(3-5-14)15-10-16(21)18(23)17(22)11-15/h2-5,10-11,24H,6-9,12H2,1H3,(H,25,26). The quantitative estimate of drug-likeness (QED) is 0.810. The Balaban J connectivity index is 1.68. The van der Waals surface area contributed by atoms with Crippen LogP contribution in [-0.4, -0.2) is 25.5 Å². The highest BCUT2D eigenvalue weighted by Gasteiger charge is 2.27. The van der Waals surface area contributed by atoms with E-state index in [0.29, 0.717) is 17.7 Å². The van der Waals surface area contributed by atoms with Gasteiger partial charge in [0, 0.05) is 12.1 Å². The minimum atomic E-state index is -1.49. The first-order valence-electron chi connectivity index (χ1n) is 8.62. The minimum absolute atomic E-state index is 0.0873. The van der Waals surface area contributed by atoms with Crippen molar-refractivity contribution in [1.29, 1.82) is 0 Å². The molecule has 1 fully saturated rings. The Labute approximate surface area is 150 Å². The number of amides is 1. The third kappa shape index (κ3) is 4.07. The number of piperidine rings is 1. The molecular formula is C20H21F3N2O. The normalized spacial score (nSPS) is 16.3. The molecule has 2 aromatic carbocycles. The first-order chi connectivity index (χ1) is 12.4. The van der Waals surface area contributed by atoms with Crippen LogP contribution in [0.4, 0.5) is 13.2 Å². The highest BCUT2D eigenvalue weighted by Crippen LogP contribution is 2.27. The van der Waals surface area contributed by atoms with Gasteiger partial charge in [-0.05, 0) is 66.7 Å². The second-order valence-corrected chi connectivity index (χ2v) is 7.07. The van der Waals surface area contributed by atoms with E-state index in [0.717, 1.165) is 38.1 Å². The molecule has 2 aromatic rings. The molecule has 3 nitrogen and oxygen atoms in total. The second-order valence-electron chi connectivity index (χ2n) is 7.07. The molecule has 0 radical (unpaired) electrons. The lowest BCUT2D eigenvalue weighted by atomic mass is 9.81. The number of hydrogen-bond acceptors (Lipinski definition) is 2. The number of hydrogen-bond donors (Lipinski definition) is 2. The van der Waals surface area contributed by atoms with Crippen LogP contribution in [0.5, 0.6) is 0 Å². The van der Waals surface area contributed by atoms with Crippen molar-refractivity contribution in [2.45, 2.75) is 19.8 Å². The van der Waals surface area contributed by atoms with Crippen LogP contribution in [0.2, 0.25) is 0 Å². The van der Waals surface area contributed by atoms with Gasteiger partial charge in [0.1, 0.15) is 0 Å². The molecule has 138 valence electrons. The van der Waals surface area contributed by atoms with Crippen molar-refractivity contribution in [3.63, 3.8) is 0 Å². The molecule has 1 saturated heterocycles. The topological polar surface area (TPSA) is 41.1 Å². The van der Waals surface area contributed by atoms with Crippen molar-refractivity contribution in [3.8, 4) is 11.1 Å². The Morgan fingerprint density at radius 1 is 1.04 bits per heavy atom. The molecule has 1 heterocycles. The average molecular weight is 362 g/mol. The minimum Gasteiger partial charge on any atom is -0.351 e. The Hall–Kier alpha value is -2.34. The van der Waals surface area contributed by atoms with E-state index < -0.39 is 17.5 Å². The summed E-state index contributed by atoms with van der Waals surface area (Å²) in [6.45, 7) is 4.66. The Bertz CT molecular complexity index is 776. The third-order valence-electron chi connectivity index (χ3n) is 4.95. The molecule has 26 heavy (non-hydrogen) atoms. The largest absolute Gasteiger partial charge is 0.351 e. The smallest absolute Gasteiger partial charge is 0.251 e. The summed E-state index contributed by atoms with van der Waals surface area (Å²) in [4.78, 5) is 12.3. The first kappa shape index (κ1) is 18.5. The van der Waals surface area contributed by atoms with Gasteiger partial charge in [0.15, 0.2) is 17.5 Å². The molecule has 0 aromatic heterocycles. The summed E-state index contributed by atoms with van der Waals surface area (Å²) in [7, 11) is 0. The second kappa shape index (κ2) is 7.50. The SMILES string of the molecule is CC1(CNC(=O)c2ccc(-c3cc(F)c(F)c(F)c3)cc2)CCNCC1. The van der Waals surface area contributed by atoms with E-state index in [1.807, 2.05) is 0 Å². The fourth-order valence-electron chi connectivity index (χ4n) is 3.14. The molecule has 1 aliphatic rings. The van der Waals surface area contributed by atoms with E-state index in [1.54, 1.807) is 24.3 Å². The third-order valence-corrected chi connectivity index (χ3v) is 4.95. The van der Waals surface area contributed by atoms with Gasteiger partial charge in [-0.2, -0.15) is 0 Å². The van der Waals surface area contributed by atoms with Gasteiger partial charge in [-0.15, -0.1) is 0 Å². The number of carbonyl (C=O) groups is 1. The summed E-state index contributed by atoms with van der Waals surface area (Å²) >= 11 is 0. The zero-order valence-corrected chi connectivity index (χ0v) is 14.5. The summed E-state index contributed by atoms with van der Waals surface area (Å²) in [5, 5.41) is 6.26. The zero-order chi connectivity index (χ0) is 18.7. The van der Waals surface area contributed by atoms with E-state index in [-0.39, 0.29) is 16.9 Å². The van der Waals surface area contributed by atoms with Gasteiger partial charge in [0.05, 0.1) is 0 Å². The van der Waals surface area contributed by atoms with Crippen molar-refractivity contribution >= 4 is 5.91 Å². The monoisotopic (exact) mass is 362 g/mol. The van der Waals surface area contributed by atoms with E-state index >= 15 is 0 Å². The number of benzene rings is 2. The van der Waals surface area contributed by atoms with Crippen LogP contribution in [0.15, 0.2) is 36.4 Å². The molecule has 3 rings (SSSR count). The number of nitrogens with one attached hydrogen (secondary N) is 2. The number of carbonyl (C=O) groups excluding carboxylic acids is 1. The highest BCUT2D eigenvalue weighted by molar-refractivity contribution is 5.94. The van der Waals surface area contributed by atoms with Gasteiger partial charge >= 0.3 is 0 Å². The molecule has 1 aliphatic heterocycles. The van der Waals surface area contributed by atoms with Crippen LogP contribution in [-0.2, 0) is 0 Å². The summed E-state index contributed by atoms with van der Waals surface area (Å²) in [6, 6.07) is 8.24. The van der Waals surface area contributed by atoms with Crippen LogP contribution in [0, 0.1) is 22.9 Å². The van der Waals surface area contributed by atoms with Gasteiger partial charge in [0.2, 0.25) is 0 Å². The van der Waals surface area contributed by atoms with E-state index in [2.05, 4.69) is 17.6 Å². The van der Waals surface area contributed by atoms with Crippen LogP contribution in [0.1, 0.15) is 30.1 Å². The van der Waals surface area contributed by atoms with Crippen molar-refractivity contribution in [1.82, 2.24) is 10.6 Å². The molecule has 0 saturated carbocycles. The zero-order valence-electron chi connectivity index (χ0n) is 14.5. The van der Waals surface area contributed by atoms with Crippen molar-refractivity contribution in [2.75, 3.05) is 19.6 Å². The summed E-state index contributed by atoms with van der Waals surface area (Å²) < 4.78 is 39.8. The predicted octanol–water partition coefficient (Wildman–Crippen LogP) is 3.89. The fourth-order valence-corrected chi connectivity index (χ4v) is 3.14. The maximum Gasteiger partial charge on any atom is 0.251 e. The van der Waals surface area contributed by atoms with Gasteiger partial charge in [-0.1, -0.05) is 19.1 Å². The maximum absolute atomic E-state index is 13.4. The molecule has 0 spiro atoms. The van der Waals surface area contributed by atoms with E-state index in [1.165, 1.54) is 0 Å². The lowest BCUT2D eigenvalue weighted by molar-refractivity contribution is 0.0922. The Kier molecular flexibility index (Phi) is 5.32. The fraction of sp³-hybridized carbons (Fsp3) is 0.350. The lowest BCUT2D eigenvalue weighted by Gasteiger charge is -2.34. The molecule has 0 atom stereocenters. The molecular weight excluding hydrogens is 341 g/mol. The Morgan fingerprint density at radius 3 is 2.19 bits per heavy atom. The number of rotatable bonds is 4. The highest BCUT2D eigenvalue weighted by atomic mass is 19.2. The molecule has 0 aliphatic carbocycles. The van der Waals surface area contributed by atoms with Crippen LogP contribution >= 0.6 is 0 Å². The van der Waals surface area contributed by atoms with Crippen molar-refractivity contribution < 1.29 is 18.0 Å². The lowest BCUT2D eigenvalue weighted by Crippen LogP contribution is -2.42. The summed E-state index contributed by atoms with van der Waals surface area (Å²) in [5.41, 5.74) is 1.28. The van der Waals surface area contributed by atoms with Crippen LogP contribution in [0.25, 0.3) is 11.1 Å². The first-order valence-corrected chi connectivity index (χ1v) is 8.62. The maximum atomic E-state index is 13.4. The van der Waals surface area contributed by atoms with Crippen LogP contribution < -0.4 is 10.6 Å². The van der Waals surface area contributed by atoms with Gasteiger partial charge in [0.25, 0.3) is 5.91 Å². The molecule has 2 N–H and O–H groups in total. The molecule has 6 heteroatoms. The summed E-state index contributed by atoms with van der Waals surface area (Å²) in [6.07, 6.45) is 2.02. The van der Waals surface area contributed by atoms with E-state index in [4.69, 9.17) is 0 Å². The van der Waals surface area contributed by atoms with Crippen molar-refractivity contribution in [3.05, 3.63) is 59.4 Å². The van der Waals surface area contributed by atoms with E-state index in [9.17, 15) is 18.0 Å². The van der Waals surface area contributed by atoms with Gasteiger partial charge in [-0.3, -0.25) is 4.79 Å². The summed E-state index contributed by atoms with van der Waals surface area (Å²) in [5.74, 6) is -4.15. The van der Waals surface area contributed by atoms with Gasteiger partial charge in [-0.25, -0.2) is 13.2 Å². The van der Waals surface area contributed by atoms with Crippen molar-refractivity contribution in [2.24, 2.45) is 5.41 Å². The average Bonchev–Trinajstić information content (AvgIpc) is 2.64. The number of halogens is 3. The van der Waals surface area contributed by atoms with Gasteiger partial charge < -0.3 is 10.6 Å². The Morgan fingerprint density at radius 2 is 1.62 bits per heavy atom. The molecule has 0 unspecified atom stereocenters. The predicted molar refractivity (Wildman–Crippen MR) is 94.3 cm³/mol. The molecule has 1 amide bonds. The van der Waals surface area contributed by atoms with Crippen LogP contribution in [0.3, 0.4) is 0 Å². The molecule has 0 bridgehead atoms.